The Morgan fingerprint density at radius 1 is 0.867 bits per heavy atom. The lowest BCUT2D eigenvalue weighted by Gasteiger charge is -2.31. The molecule has 0 saturated carbocycles. The fraction of sp³-hybridized carbons (Fsp3) is 0.240. The lowest BCUT2D eigenvalue weighted by molar-refractivity contribution is -0.484. The average molecular weight is 466 g/mol. The zero-order valence-corrected chi connectivity index (χ0v) is 18.4. The minimum absolute atomic E-state index is 0.0546. The molecule has 3 aromatic carbocycles. The highest BCUT2D eigenvalue weighted by atomic mass is 79.9. The molecule has 0 aromatic heterocycles. The molecule has 154 valence electrons. The van der Waals surface area contributed by atoms with Gasteiger partial charge in [-0.05, 0) is 35.6 Å². The molecular formula is C25H24BrNO3. The number of ketones is 1. The van der Waals surface area contributed by atoms with Gasteiger partial charge in [0.25, 0.3) is 0 Å². The van der Waals surface area contributed by atoms with Crippen LogP contribution in [0.4, 0.5) is 0 Å². The molecule has 3 atom stereocenters. The van der Waals surface area contributed by atoms with Crippen LogP contribution in [0.5, 0.6) is 0 Å². The zero-order chi connectivity index (χ0) is 21.5. The molecule has 0 bridgehead atoms. The Bertz CT molecular complexity index is 974. The van der Waals surface area contributed by atoms with Crippen LogP contribution in [0, 0.1) is 16.0 Å². The third kappa shape index (κ3) is 5.22. The molecule has 30 heavy (non-hydrogen) atoms. The quantitative estimate of drug-likeness (QED) is 0.205. The number of rotatable bonds is 9. The summed E-state index contributed by atoms with van der Waals surface area (Å²) in [6.45, 7) is 1.74. The number of nitro groups is 1. The topological polar surface area (TPSA) is 60.2 Å². The number of hydrogen-bond acceptors (Lipinski definition) is 3. The van der Waals surface area contributed by atoms with Gasteiger partial charge in [-0.15, -0.1) is 0 Å². The van der Waals surface area contributed by atoms with Crippen molar-refractivity contribution < 1.29 is 9.72 Å². The number of carbonyl (C=O) groups excluding carboxylic acids is 1. The molecule has 0 N–H and O–H groups in total. The first-order valence-corrected chi connectivity index (χ1v) is 10.8. The van der Waals surface area contributed by atoms with E-state index in [-0.39, 0.29) is 23.2 Å². The van der Waals surface area contributed by atoms with E-state index < -0.39 is 11.8 Å². The minimum Gasteiger partial charge on any atom is -0.294 e. The second kappa shape index (κ2) is 10.3. The van der Waals surface area contributed by atoms with Crippen molar-refractivity contribution in [2.45, 2.75) is 25.2 Å². The van der Waals surface area contributed by atoms with Crippen molar-refractivity contribution >= 4 is 21.7 Å². The van der Waals surface area contributed by atoms with Gasteiger partial charge in [-0.2, -0.15) is 0 Å². The maximum Gasteiger partial charge on any atom is 0.211 e. The molecule has 0 spiro atoms. The van der Waals surface area contributed by atoms with Crippen molar-refractivity contribution in [3.8, 4) is 0 Å². The number of hydrogen-bond donors (Lipinski definition) is 0. The molecule has 0 aliphatic carbocycles. The summed E-state index contributed by atoms with van der Waals surface area (Å²) >= 11 is 3.46. The number of halogens is 1. The van der Waals surface area contributed by atoms with Crippen LogP contribution in [-0.2, 0) is 0 Å². The molecular weight excluding hydrogens is 442 g/mol. The predicted molar refractivity (Wildman–Crippen MR) is 122 cm³/mol. The highest BCUT2D eigenvalue weighted by Gasteiger charge is 2.39. The van der Waals surface area contributed by atoms with Gasteiger partial charge in [-0.3, -0.25) is 14.9 Å². The maximum atomic E-state index is 13.7. The third-order valence-electron chi connectivity index (χ3n) is 5.54. The van der Waals surface area contributed by atoms with Crippen molar-refractivity contribution in [3.63, 3.8) is 0 Å². The van der Waals surface area contributed by atoms with Crippen molar-refractivity contribution in [1.29, 1.82) is 0 Å². The molecule has 0 unspecified atom stereocenters. The lowest BCUT2D eigenvalue weighted by atomic mass is 9.70. The van der Waals surface area contributed by atoms with E-state index >= 15 is 0 Å². The first kappa shape index (κ1) is 21.9. The smallest absolute Gasteiger partial charge is 0.211 e. The van der Waals surface area contributed by atoms with Crippen LogP contribution in [-0.4, -0.2) is 17.3 Å². The van der Waals surface area contributed by atoms with Crippen LogP contribution >= 0.6 is 15.9 Å². The van der Waals surface area contributed by atoms with E-state index in [0.29, 0.717) is 12.0 Å². The van der Waals surface area contributed by atoms with Gasteiger partial charge >= 0.3 is 0 Å². The number of Topliss-reactive ketones (excluding diaryl/α,β-unsaturated/α-hetero) is 1. The van der Waals surface area contributed by atoms with Crippen LogP contribution < -0.4 is 0 Å². The summed E-state index contributed by atoms with van der Waals surface area (Å²) in [7, 11) is 0. The average Bonchev–Trinajstić information content (AvgIpc) is 2.77. The first-order chi connectivity index (χ1) is 14.5. The van der Waals surface area contributed by atoms with E-state index in [1.165, 1.54) is 0 Å². The Labute approximate surface area is 185 Å². The van der Waals surface area contributed by atoms with Gasteiger partial charge in [0.1, 0.15) is 0 Å². The summed E-state index contributed by atoms with van der Waals surface area (Å²) in [5.41, 5.74) is 2.42. The second-order valence-corrected chi connectivity index (χ2v) is 8.27. The molecule has 3 aromatic rings. The van der Waals surface area contributed by atoms with Crippen LogP contribution in [0.25, 0.3) is 0 Å². The summed E-state index contributed by atoms with van der Waals surface area (Å²) in [6, 6.07) is 26.4. The summed E-state index contributed by atoms with van der Waals surface area (Å²) < 4.78 is 0.955. The first-order valence-electron chi connectivity index (χ1n) is 10.0. The summed E-state index contributed by atoms with van der Waals surface area (Å²) in [6.07, 6.45) is 0.700. The van der Waals surface area contributed by atoms with Gasteiger partial charge < -0.3 is 0 Å². The van der Waals surface area contributed by atoms with Gasteiger partial charge in [0.05, 0.1) is 5.92 Å². The molecule has 0 amide bonds. The summed E-state index contributed by atoms with van der Waals surface area (Å²) in [5, 5.41) is 11.6. The van der Waals surface area contributed by atoms with E-state index in [9.17, 15) is 14.9 Å². The Morgan fingerprint density at radius 2 is 1.40 bits per heavy atom. The highest BCUT2D eigenvalue weighted by Crippen LogP contribution is 2.40. The van der Waals surface area contributed by atoms with Crippen molar-refractivity contribution in [1.82, 2.24) is 0 Å². The lowest BCUT2D eigenvalue weighted by Crippen LogP contribution is -2.32. The van der Waals surface area contributed by atoms with Crippen molar-refractivity contribution in [3.05, 3.63) is 116 Å². The zero-order valence-electron chi connectivity index (χ0n) is 16.8. The van der Waals surface area contributed by atoms with Gasteiger partial charge in [0, 0.05) is 20.9 Å². The summed E-state index contributed by atoms with van der Waals surface area (Å²) in [5.74, 6) is -1.27. The second-order valence-electron chi connectivity index (χ2n) is 7.35. The third-order valence-corrected chi connectivity index (χ3v) is 6.07. The van der Waals surface area contributed by atoms with E-state index in [2.05, 4.69) is 15.9 Å². The molecule has 0 heterocycles. The van der Waals surface area contributed by atoms with Crippen molar-refractivity contribution in [2.75, 3.05) is 6.54 Å². The highest BCUT2D eigenvalue weighted by molar-refractivity contribution is 9.10. The Morgan fingerprint density at radius 3 is 1.93 bits per heavy atom. The predicted octanol–water partition coefficient (Wildman–Crippen LogP) is 6.50. The largest absolute Gasteiger partial charge is 0.294 e. The molecule has 0 aliphatic heterocycles. The van der Waals surface area contributed by atoms with Crippen LogP contribution in [0.3, 0.4) is 0 Å². The van der Waals surface area contributed by atoms with Gasteiger partial charge in [0.15, 0.2) is 5.78 Å². The Kier molecular flexibility index (Phi) is 7.52. The fourth-order valence-electron chi connectivity index (χ4n) is 4.13. The molecule has 5 heteroatoms. The Balaban J connectivity index is 2.14. The normalized spacial score (nSPS) is 13.9. The SMILES string of the molecule is CC[C@@H](c1ccc(Br)cc1)[C@@H](C(=O)c1ccccc1)[C@H](C[N+](=O)[O-])c1ccccc1. The standard InChI is InChI=1S/C25H24BrNO3/c1-2-22(19-13-15-21(26)16-14-19)24(25(28)20-11-7-4-8-12-20)23(17-27(29)30)18-9-5-3-6-10-18/h3-16,22-24H,2,17H2,1H3/t22-,23+,24+/m0/s1. The van der Waals surface area contributed by atoms with E-state index in [4.69, 9.17) is 0 Å². The fourth-order valence-corrected chi connectivity index (χ4v) is 4.40. The van der Waals surface area contributed by atoms with Crippen LogP contribution in [0.1, 0.15) is 46.7 Å². The maximum absolute atomic E-state index is 13.7. The molecule has 0 saturated heterocycles. The Hall–Kier alpha value is -2.79. The molecule has 4 nitrogen and oxygen atoms in total. The molecule has 0 fully saturated rings. The molecule has 0 aliphatic rings. The van der Waals surface area contributed by atoms with Gasteiger partial charge in [-0.1, -0.05) is 95.7 Å². The van der Waals surface area contributed by atoms with E-state index in [1.807, 2.05) is 79.7 Å². The van der Waals surface area contributed by atoms with E-state index in [1.54, 1.807) is 12.1 Å². The van der Waals surface area contributed by atoms with Crippen LogP contribution in [0.2, 0.25) is 0 Å². The number of nitrogens with zero attached hydrogens (tertiary/aromatic N) is 1. The van der Waals surface area contributed by atoms with Gasteiger partial charge in [-0.25, -0.2) is 0 Å². The molecule has 0 radical (unpaired) electrons. The minimum atomic E-state index is -0.550. The van der Waals surface area contributed by atoms with Crippen molar-refractivity contribution in [2.24, 2.45) is 5.92 Å². The monoisotopic (exact) mass is 465 g/mol. The number of carbonyl (C=O) groups is 1. The van der Waals surface area contributed by atoms with Crippen LogP contribution in [0.15, 0.2) is 89.4 Å². The molecule has 3 rings (SSSR count). The summed E-state index contributed by atoms with van der Waals surface area (Å²) in [4.78, 5) is 25.1. The van der Waals surface area contributed by atoms with E-state index in [0.717, 1.165) is 15.6 Å². The number of benzene rings is 3. The van der Waals surface area contributed by atoms with Gasteiger partial charge in [0.2, 0.25) is 6.54 Å².